The van der Waals surface area contributed by atoms with Crippen LogP contribution in [0.4, 0.5) is 4.39 Å². The summed E-state index contributed by atoms with van der Waals surface area (Å²) in [6.07, 6.45) is 3.35. The van der Waals surface area contributed by atoms with Crippen LogP contribution in [0, 0.1) is 17.7 Å². The highest BCUT2D eigenvalue weighted by atomic mass is 79.9. The first-order chi connectivity index (χ1) is 8.60. The van der Waals surface area contributed by atoms with E-state index in [2.05, 4.69) is 15.9 Å². The molecule has 0 spiro atoms. The molecule has 2 N–H and O–H groups in total. The van der Waals surface area contributed by atoms with Crippen LogP contribution in [-0.2, 0) is 11.2 Å². The fraction of sp³-hybridized carbons (Fsp3) is 0.500. The van der Waals surface area contributed by atoms with Gasteiger partial charge >= 0.3 is 0 Å². The molecule has 18 heavy (non-hydrogen) atoms. The Kier molecular flexibility index (Phi) is 4.51. The van der Waals surface area contributed by atoms with Gasteiger partial charge in [0.2, 0.25) is 0 Å². The third kappa shape index (κ3) is 3.18. The zero-order chi connectivity index (χ0) is 13.1. The number of benzene rings is 1. The molecule has 0 bridgehead atoms. The smallest absolute Gasteiger partial charge is 0.140 e. The van der Waals surface area contributed by atoms with Crippen LogP contribution < -0.4 is 5.73 Å². The monoisotopic (exact) mass is 313 g/mol. The van der Waals surface area contributed by atoms with Crippen LogP contribution in [0.25, 0.3) is 0 Å². The summed E-state index contributed by atoms with van der Waals surface area (Å²) in [5.74, 6) is 0.265. The summed E-state index contributed by atoms with van der Waals surface area (Å²) < 4.78 is 13.9. The summed E-state index contributed by atoms with van der Waals surface area (Å²) in [6, 6.07) is 4.62. The van der Waals surface area contributed by atoms with Gasteiger partial charge in [-0.05, 0) is 49.1 Å². The molecule has 0 aromatic heterocycles. The number of rotatable bonds is 4. The molecule has 1 aromatic rings. The van der Waals surface area contributed by atoms with E-state index in [-0.39, 0.29) is 17.5 Å². The normalized spacial score (nSPS) is 23.3. The van der Waals surface area contributed by atoms with Crippen LogP contribution in [0.1, 0.15) is 24.8 Å². The first-order valence-corrected chi connectivity index (χ1v) is 7.07. The zero-order valence-corrected chi connectivity index (χ0v) is 11.7. The second kappa shape index (κ2) is 5.93. The van der Waals surface area contributed by atoms with E-state index in [9.17, 15) is 9.18 Å². The van der Waals surface area contributed by atoms with Gasteiger partial charge in [0.05, 0.1) is 0 Å². The minimum atomic E-state index is -0.311. The van der Waals surface area contributed by atoms with Crippen LogP contribution in [0.3, 0.4) is 0 Å². The van der Waals surface area contributed by atoms with Gasteiger partial charge in [-0.3, -0.25) is 4.79 Å². The second-order valence-electron chi connectivity index (χ2n) is 4.95. The molecule has 2 rings (SSSR count). The summed E-state index contributed by atoms with van der Waals surface area (Å²) in [5.41, 5.74) is 6.41. The summed E-state index contributed by atoms with van der Waals surface area (Å²) in [7, 11) is 0. The van der Waals surface area contributed by atoms with Crippen LogP contribution in [0.2, 0.25) is 0 Å². The Morgan fingerprint density at radius 3 is 2.83 bits per heavy atom. The maximum Gasteiger partial charge on any atom is 0.140 e. The molecular formula is C14H17BrFNO. The quantitative estimate of drug-likeness (QED) is 0.928. The van der Waals surface area contributed by atoms with E-state index in [1.165, 1.54) is 12.1 Å². The first kappa shape index (κ1) is 13.7. The van der Waals surface area contributed by atoms with Gasteiger partial charge in [0, 0.05) is 16.8 Å². The van der Waals surface area contributed by atoms with Gasteiger partial charge in [-0.2, -0.15) is 0 Å². The molecule has 0 heterocycles. The Morgan fingerprint density at radius 2 is 2.17 bits per heavy atom. The molecule has 0 aliphatic heterocycles. The number of ketones is 1. The molecule has 1 aromatic carbocycles. The summed E-state index contributed by atoms with van der Waals surface area (Å²) in [4.78, 5) is 12.2. The van der Waals surface area contributed by atoms with Crippen molar-refractivity contribution in [3.05, 3.63) is 34.1 Å². The number of carbonyl (C=O) groups is 1. The SMILES string of the molecule is NCC1CCCC1C(=O)Cc1cc(F)cc(Br)c1. The number of halogens is 2. The summed E-state index contributed by atoms with van der Waals surface area (Å²) >= 11 is 3.24. The fourth-order valence-corrected chi connectivity index (χ4v) is 3.30. The van der Waals surface area contributed by atoms with Crippen molar-refractivity contribution in [2.24, 2.45) is 17.6 Å². The Balaban J connectivity index is 2.06. The number of Topliss-reactive ketones (excluding diaryl/α,β-unsaturated/α-hetero) is 1. The highest BCUT2D eigenvalue weighted by Crippen LogP contribution is 2.32. The molecule has 1 saturated carbocycles. The molecule has 2 unspecified atom stereocenters. The average Bonchev–Trinajstić information content (AvgIpc) is 2.75. The Morgan fingerprint density at radius 1 is 1.39 bits per heavy atom. The number of hydrogen-bond donors (Lipinski definition) is 1. The molecule has 4 heteroatoms. The van der Waals surface area contributed by atoms with Crippen molar-refractivity contribution < 1.29 is 9.18 Å². The maximum atomic E-state index is 13.2. The predicted octanol–water partition coefficient (Wildman–Crippen LogP) is 3.07. The van der Waals surface area contributed by atoms with Crippen LogP contribution >= 0.6 is 15.9 Å². The van der Waals surface area contributed by atoms with Crippen LogP contribution in [0.5, 0.6) is 0 Å². The van der Waals surface area contributed by atoms with Crippen LogP contribution in [-0.4, -0.2) is 12.3 Å². The minimum absolute atomic E-state index is 0.0667. The minimum Gasteiger partial charge on any atom is -0.330 e. The van der Waals surface area contributed by atoms with E-state index in [0.29, 0.717) is 23.4 Å². The molecule has 1 fully saturated rings. The van der Waals surface area contributed by atoms with Crippen molar-refractivity contribution in [3.63, 3.8) is 0 Å². The molecular weight excluding hydrogens is 297 g/mol. The van der Waals surface area contributed by atoms with Crippen LogP contribution in [0.15, 0.2) is 22.7 Å². The largest absolute Gasteiger partial charge is 0.330 e. The van der Waals surface area contributed by atoms with Gasteiger partial charge in [-0.1, -0.05) is 22.4 Å². The van der Waals surface area contributed by atoms with Gasteiger partial charge < -0.3 is 5.73 Å². The van der Waals surface area contributed by atoms with E-state index in [1.807, 2.05) is 0 Å². The highest BCUT2D eigenvalue weighted by molar-refractivity contribution is 9.10. The number of nitrogens with two attached hydrogens (primary N) is 1. The van der Waals surface area contributed by atoms with Crippen molar-refractivity contribution in [2.45, 2.75) is 25.7 Å². The van der Waals surface area contributed by atoms with E-state index >= 15 is 0 Å². The van der Waals surface area contributed by atoms with Gasteiger partial charge in [-0.15, -0.1) is 0 Å². The lowest BCUT2D eigenvalue weighted by atomic mass is 9.89. The van der Waals surface area contributed by atoms with E-state index < -0.39 is 0 Å². The predicted molar refractivity (Wildman–Crippen MR) is 72.7 cm³/mol. The molecule has 2 nitrogen and oxygen atoms in total. The van der Waals surface area contributed by atoms with E-state index in [4.69, 9.17) is 5.73 Å². The molecule has 0 radical (unpaired) electrons. The lowest BCUT2D eigenvalue weighted by Crippen LogP contribution is -2.26. The van der Waals surface area contributed by atoms with Gasteiger partial charge in [-0.25, -0.2) is 4.39 Å². The second-order valence-corrected chi connectivity index (χ2v) is 5.87. The van der Waals surface area contributed by atoms with Crippen molar-refractivity contribution >= 4 is 21.7 Å². The first-order valence-electron chi connectivity index (χ1n) is 6.28. The lowest BCUT2D eigenvalue weighted by Gasteiger charge is -2.16. The Bertz CT molecular complexity index is 429. The standard InChI is InChI=1S/C14H17BrFNO/c15-11-4-9(5-12(16)7-11)6-14(18)13-3-1-2-10(13)8-17/h4-5,7,10,13H,1-3,6,8,17H2. The van der Waals surface area contributed by atoms with E-state index in [0.717, 1.165) is 24.8 Å². The molecule has 1 aliphatic carbocycles. The van der Waals surface area contributed by atoms with Gasteiger partial charge in [0.25, 0.3) is 0 Å². The summed E-state index contributed by atoms with van der Waals surface area (Å²) in [6.45, 7) is 0.573. The average molecular weight is 314 g/mol. The number of hydrogen-bond acceptors (Lipinski definition) is 2. The Labute approximate surface area is 115 Å². The third-order valence-electron chi connectivity index (χ3n) is 3.68. The Hall–Kier alpha value is -0.740. The van der Waals surface area contributed by atoms with Gasteiger partial charge in [0.1, 0.15) is 11.6 Å². The molecule has 0 saturated heterocycles. The van der Waals surface area contributed by atoms with Crippen molar-refractivity contribution in [1.82, 2.24) is 0 Å². The molecule has 0 amide bonds. The molecule has 2 atom stereocenters. The third-order valence-corrected chi connectivity index (χ3v) is 4.13. The molecule has 98 valence electrons. The molecule has 1 aliphatic rings. The fourth-order valence-electron chi connectivity index (χ4n) is 2.79. The maximum absolute atomic E-state index is 13.2. The van der Waals surface area contributed by atoms with Crippen molar-refractivity contribution in [1.29, 1.82) is 0 Å². The van der Waals surface area contributed by atoms with Crippen molar-refractivity contribution in [2.75, 3.05) is 6.54 Å². The zero-order valence-electron chi connectivity index (χ0n) is 10.2. The number of carbonyl (C=O) groups excluding carboxylic acids is 1. The van der Waals surface area contributed by atoms with Gasteiger partial charge in [0.15, 0.2) is 0 Å². The van der Waals surface area contributed by atoms with E-state index in [1.54, 1.807) is 6.07 Å². The lowest BCUT2D eigenvalue weighted by molar-refractivity contribution is -0.123. The topological polar surface area (TPSA) is 43.1 Å². The van der Waals surface area contributed by atoms with Crippen molar-refractivity contribution in [3.8, 4) is 0 Å². The summed E-state index contributed by atoms with van der Waals surface area (Å²) in [5, 5.41) is 0. The highest BCUT2D eigenvalue weighted by Gasteiger charge is 2.31.